The van der Waals surface area contributed by atoms with Crippen molar-refractivity contribution in [3.63, 3.8) is 0 Å². The van der Waals surface area contributed by atoms with E-state index < -0.39 is 23.9 Å². The highest BCUT2D eigenvalue weighted by Gasteiger charge is 2.47. The minimum atomic E-state index is -5.08. The van der Waals surface area contributed by atoms with E-state index in [4.69, 9.17) is 14.6 Å². The first-order valence-corrected chi connectivity index (χ1v) is 11.3. The number of fused-ring (bicyclic) bond motifs is 2. The Morgan fingerprint density at radius 3 is 2.47 bits per heavy atom. The van der Waals surface area contributed by atoms with E-state index in [0.717, 1.165) is 10.7 Å². The number of ether oxygens (including phenoxy) is 1. The third-order valence-corrected chi connectivity index (χ3v) is 6.52. The molecule has 1 unspecified atom stereocenters. The second kappa shape index (κ2) is 10.1. The third-order valence-electron chi connectivity index (χ3n) is 5.64. The van der Waals surface area contributed by atoms with Gasteiger partial charge >= 0.3 is 12.1 Å². The van der Waals surface area contributed by atoms with Crippen molar-refractivity contribution in [3.8, 4) is 0 Å². The highest BCUT2D eigenvalue weighted by atomic mass is 32.1. The quantitative estimate of drug-likeness (QED) is 0.690. The minimum absolute atomic E-state index is 0.0371. The number of piperidine rings is 1. The number of rotatable bonds is 3. The van der Waals surface area contributed by atoms with Gasteiger partial charge in [-0.3, -0.25) is 9.59 Å². The van der Waals surface area contributed by atoms with Gasteiger partial charge < -0.3 is 24.2 Å². The molecule has 2 aromatic rings. The van der Waals surface area contributed by atoms with Crippen molar-refractivity contribution in [2.75, 3.05) is 27.2 Å². The van der Waals surface area contributed by atoms with Gasteiger partial charge in [-0.15, -0.1) is 11.3 Å². The van der Waals surface area contributed by atoms with E-state index in [0.29, 0.717) is 38.9 Å². The summed E-state index contributed by atoms with van der Waals surface area (Å²) in [6.07, 6.45) is -0.187. The van der Waals surface area contributed by atoms with Gasteiger partial charge in [0.25, 0.3) is 5.91 Å². The number of alkyl halides is 3. The van der Waals surface area contributed by atoms with Crippen LogP contribution in [-0.4, -0.2) is 81.7 Å². The predicted molar refractivity (Wildman–Crippen MR) is 115 cm³/mol. The van der Waals surface area contributed by atoms with E-state index >= 15 is 0 Å². The highest BCUT2D eigenvalue weighted by Crippen LogP contribution is 2.40. The van der Waals surface area contributed by atoms with Crippen molar-refractivity contribution in [1.29, 1.82) is 0 Å². The zero-order chi connectivity index (χ0) is 25.1. The van der Waals surface area contributed by atoms with Crippen molar-refractivity contribution in [3.05, 3.63) is 40.6 Å². The Labute approximate surface area is 197 Å². The maximum Gasteiger partial charge on any atom is 0.490 e. The molecule has 1 saturated heterocycles. The molecule has 0 saturated carbocycles. The number of aromatic nitrogens is 2. The van der Waals surface area contributed by atoms with Crippen LogP contribution >= 0.6 is 11.3 Å². The SMILES string of the molecule is CN(C)C(=O)C1Cn2ccnc2C2(CCN(C(=O)Cc3cccs3)CC2)O1.O=C(O)C(F)(F)F. The van der Waals surface area contributed by atoms with Crippen LogP contribution in [0.5, 0.6) is 0 Å². The molecule has 0 aliphatic carbocycles. The number of hydrogen-bond acceptors (Lipinski definition) is 6. The zero-order valence-electron chi connectivity index (χ0n) is 18.6. The van der Waals surface area contributed by atoms with Crippen LogP contribution < -0.4 is 0 Å². The van der Waals surface area contributed by atoms with Gasteiger partial charge in [-0.1, -0.05) is 6.07 Å². The second-order valence-electron chi connectivity index (χ2n) is 8.18. The van der Waals surface area contributed by atoms with Crippen LogP contribution in [0.25, 0.3) is 0 Å². The molecule has 13 heteroatoms. The molecule has 1 N–H and O–H groups in total. The van der Waals surface area contributed by atoms with Crippen LogP contribution in [0.15, 0.2) is 29.9 Å². The molecule has 186 valence electrons. The third kappa shape index (κ3) is 5.76. The average molecular weight is 503 g/mol. The van der Waals surface area contributed by atoms with Crippen molar-refractivity contribution >= 4 is 29.1 Å². The summed E-state index contributed by atoms with van der Waals surface area (Å²) >= 11 is 1.61. The van der Waals surface area contributed by atoms with Crippen molar-refractivity contribution in [2.24, 2.45) is 0 Å². The van der Waals surface area contributed by atoms with Gasteiger partial charge in [0.1, 0.15) is 11.4 Å². The number of carboxylic acid groups (broad SMARTS) is 1. The Morgan fingerprint density at radius 2 is 1.94 bits per heavy atom. The zero-order valence-corrected chi connectivity index (χ0v) is 19.4. The van der Waals surface area contributed by atoms with Gasteiger partial charge in [0.05, 0.1) is 13.0 Å². The first-order chi connectivity index (χ1) is 15.9. The van der Waals surface area contributed by atoms with E-state index in [1.807, 2.05) is 33.2 Å². The number of amides is 2. The topological polar surface area (TPSA) is 105 Å². The molecule has 1 fully saturated rings. The fraction of sp³-hybridized carbons (Fsp3) is 0.524. The van der Waals surface area contributed by atoms with Crippen LogP contribution in [0, 0.1) is 0 Å². The molecule has 34 heavy (non-hydrogen) atoms. The smallest absolute Gasteiger partial charge is 0.475 e. The lowest BCUT2D eigenvalue weighted by Crippen LogP contribution is -2.54. The van der Waals surface area contributed by atoms with E-state index in [1.165, 1.54) is 0 Å². The molecule has 1 atom stereocenters. The van der Waals surface area contributed by atoms with E-state index in [1.54, 1.807) is 36.5 Å². The second-order valence-corrected chi connectivity index (χ2v) is 9.21. The van der Waals surface area contributed by atoms with E-state index in [9.17, 15) is 22.8 Å². The van der Waals surface area contributed by atoms with Crippen LogP contribution in [0.1, 0.15) is 23.5 Å². The van der Waals surface area contributed by atoms with Crippen LogP contribution in [0.4, 0.5) is 13.2 Å². The summed E-state index contributed by atoms with van der Waals surface area (Å²) in [7, 11) is 3.49. The number of carbonyl (C=O) groups is 3. The molecule has 2 amide bonds. The maximum atomic E-state index is 12.6. The molecule has 2 aromatic heterocycles. The predicted octanol–water partition coefficient (Wildman–Crippen LogP) is 2.13. The standard InChI is InChI=1S/C19H24N4O3S.C2HF3O2/c1-21(2)17(25)15-13-23-10-7-20-18(23)19(26-15)5-8-22(9-6-19)16(24)12-14-4-3-11-27-14;3-2(4,5)1(6)7/h3-4,7,10-11,15H,5-6,8-9,12-13H2,1-2H3;(H,6,7). The van der Waals surface area contributed by atoms with Gasteiger partial charge in [0.15, 0.2) is 6.10 Å². The van der Waals surface area contributed by atoms with E-state index in [2.05, 4.69) is 4.98 Å². The molecular weight excluding hydrogens is 477 g/mol. The molecule has 4 rings (SSSR count). The Morgan fingerprint density at radius 1 is 1.29 bits per heavy atom. The molecule has 0 radical (unpaired) electrons. The number of likely N-dealkylation sites (tertiary alicyclic amines) is 1. The number of imidazole rings is 1. The number of aliphatic carboxylic acids is 1. The molecule has 0 aromatic carbocycles. The number of halogens is 3. The van der Waals surface area contributed by atoms with Gasteiger partial charge in [-0.2, -0.15) is 13.2 Å². The molecule has 0 bridgehead atoms. The largest absolute Gasteiger partial charge is 0.490 e. The van der Waals surface area contributed by atoms with Gasteiger partial charge in [0.2, 0.25) is 5.91 Å². The fourth-order valence-electron chi connectivity index (χ4n) is 3.95. The number of thiophene rings is 1. The summed E-state index contributed by atoms with van der Waals surface area (Å²) in [4.78, 5) is 43.1. The number of carboxylic acids is 1. The maximum absolute atomic E-state index is 12.6. The summed E-state index contributed by atoms with van der Waals surface area (Å²) in [6.45, 7) is 1.70. The van der Waals surface area contributed by atoms with Crippen molar-refractivity contribution in [1.82, 2.24) is 19.4 Å². The number of nitrogens with zero attached hydrogens (tertiary/aromatic N) is 4. The average Bonchev–Trinajstić information content (AvgIpc) is 3.45. The molecule has 9 nitrogen and oxygen atoms in total. The van der Waals surface area contributed by atoms with Crippen LogP contribution in [-0.2, 0) is 37.7 Å². The summed E-state index contributed by atoms with van der Waals surface area (Å²) in [5.41, 5.74) is -0.599. The lowest BCUT2D eigenvalue weighted by Gasteiger charge is -2.45. The number of likely N-dealkylation sites (N-methyl/N-ethyl adjacent to an activating group) is 1. The van der Waals surface area contributed by atoms with Gasteiger partial charge in [0, 0.05) is 57.3 Å². The number of hydrogen-bond donors (Lipinski definition) is 1. The van der Waals surface area contributed by atoms with Crippen molar-refractivity contribution in [2.45, 2.75) is 43.7 Å². The fourth-order valence-corrected chi connectivity index (χ4v) is 4.64. The Kier molecular flexibility index (Phi) is 7.66. The van der Waals surface area contributed by atoms with Gasteiger partial charge in [-0.05, 0) is 11.4 Å². The van der Waals surface area contributed by atoms with Crippen LogP contribution in [0.3, 0.4) is 0 Å². The Balaban J connectivity index is 0.000000406. The molecule has 2 aliphatic heterocycles. The molecule has 4 heterocycles. The minimum Gasteiger partial charge on any atom is -0.475 e. The number of carbonyl (C=O) groups excluding carboxylic acids is 2. The summed E-state index contributed by atoms with van der Waals surface area (Å²) in [5, 5.41) is 9.12. The van der Waals surface area contributed by atoms with Crippen molar-refractivity contribution < 1.29 is 37.4 Å². The van der Waals surface area contributed by atoms with E-state index in [-0.39, 0.29) is 11.8 Å². The highest BCUT2D eigenvalue weighted by molar-refractivity contribution is 7.10. The van der Waals surface area contributed by atoms with Crippen LogP contribution in [0.2, 0.25) is 0 Å². The summed E-state index contributed by atoms with van der Waals surface area (Å²) in [5.74, 6) is -1.78. The first kappa shape index (κ1) is 25.7. The first-order valence-electron chi connectivity index (χ1n) is 10.4. The molecule has 2 aliphatic rings. The Bertz CT molecular complexity index is 1010. The lowest BCUT2D eigenvalue weighted by atomic mass is 9.88. The molecular formula is C21H25F3N4O5S. The monoisotopic (exact) mass is 502 g/mol. The molecule has 1 spiro atoms. The summed E-state index contributed by atoms with van der Waals surface area (Å²) in [6, 6.07) is 3.96. The normalized spacial score (nSPS) is 19.1. The van der Waals surface area contributed by atoms with Gasteiger partial charge in [-0.25, -0.2) is 9.78 Å². The summed E-state index contributed by atoms with van der Waals surface area (Å²) < 4.78 is 40.1. The Hall–Kier alpha value is -2.93. The lowest BCUT2D eigenvalue weighted by molar-refractivity contribution is -0.192.